The second kappa shape index (κ2) is 18.2. The van der Waals surface area contributed by atoms with Gasteiger partial charge in [-0.2, -0.15) is 0 Å². The maximum absolute atomic E-state index is 15.9. The predicted octanol–water partition coefficient (Wildman–Crippen LogP) is 12.8. The average molecular weight is 1290 g/mol. The van der Waals surface area contributed by atoms with Crippen LogP contribution < -0.4 is 9.05 Å². The topological polar surface area (TPSA) is 121 Å². The van der Waals surface area contributed by atoms with E-state index in [1.807, 2.05) is 0 Å². The number of carbonyl (C=O) groups excluding carboxylic acids is 2. The molecular weight excluding hydrogens is 1260 g/mol. The number of carbonyl (C=O) groups is 2. The van der Waals surface area contributed by atoms with Crippen molar-refractivity contribution in [3.05, 3.63) is 83.9 Å². The molecule has 10 rings (SSSR count). The maximum atomic E-state index is 15.9. The van der Waals surface area contributed by atoms with Crippen molar-refractivity contribution in [1.29, 1.82) is 0 Å². The van der Waals surface area contributed by atoms with Crippen molar-refractivity contribution < 1.29 is 152 Å². The fourth-order valence-electron chi connectivity index (χ4n) is 11.4. The fourth-order valence-corrected chi connectivity index (χ4v) is 21.0. The van der Waals surface area contributed by atoms with Gasteiger partial charge in [0.25, 0.3) is 0 Å². The number of nitrogens with zero attached hydrogens (tertiary/aromatic N) is 4. The number of hydrogen-bond acceptors (Lipinski definition) is 12. The molecule has 0 unspecified atom stereocenters. The molecule has 4 aromatic rings. The Balaban J connectivity index is 1.37. The molecule has 0 saturated carbocycles. The van der Waals surface area contributed by atoms with E-state index in [2.05, 4.69) is 18.1 Å². The van der Waals surface area contributed by atoms with Gasteiger partial charge in [0.2, 0.25) is 0 Å². The number of alkyl halides is 24. The number of amides is 2. The Hall–Kier alpha value is -5.20. The molecular formula is C44H32F24N4O10P2. The van der Waals surface area contributed by atoms with Crippen molar-refractivity contribution in [3.63, 3.8) is 0 Å². The number of ether oxygens (including phenoxy) is 2. The SMILES string of the molecule is O=C1c2c(ccc3ccccc23)OP2(N3CCOCC3)(OC(C(F)(F)F)(C(F)(F)F)C(C(F)(F)F)(C(F)(F)F)O2)N1CCN1C(=O)c2c(ccc3ccccc23)OP12(N1CCOCC1)OC(C(F)(F)F)(C(F)(F)F)C(C(F)(F)F)(C(F)(F)F)O2. The predicted molar refractivity (Wildman–Crippen MR) is 234 cm³/mol. The summed E-state index contributed by atoms with van der Waals surface area (Å²) in [6.07, 6.45) is -65.4. The number of morpholine rings is 2. The van der Waals surface area contributed by atoms with E-state index in [-0.39, 0.29) is 10.8 Å². The molecule has 40 heteroatoms. The molecule has 4 aromatic carbocycles. The first-order valence-electron chi connectivity index (χ1n) is 23.5. The van der Waals surface area contributed by atoms with Crippen LogP contribution in [0.25, 0.3) is 21.5 Å². The van der Waals surface area contributed by atoms with Crippen molar-refractivity contribution in [2.75, 3.05) is 65.7 Å². The third-order valence-electron chi connectivity index (χ3n) is 14.8. The van der Waals surface area contributed by atoms with E-state index in [0.717, 1.165) is 48.5 Å². The zero-order valence-corrected chi connectivity index (χ0v) is 42.6. The molecule has 0 atom stereocenters. The minimum absolute atomic E-state index is 0.266. The molecule has 2 spiro atoms. The van der Waals surface area contributed by atoms with Gasteiger partial charge in [-0.25, -0.2) is 0 Å². The van der Waals surface area contributed by atoms with Gasteiger partial charge in [-0.3, -0.25) is 0 Å². The summed E-state index contributed by atoms with van der Waals surface area (Å²) in [6, 6.07) is 10.4. The van der Waals surface area contributed by atoms with Gasteiger partial charge in [-0.1, -0.05) is 0 Å². The number of rotatable bonds is 5. The van der Waals surface area contributed by atoms with E-state index < -0.39 is 217 Å². The Morgan fingerprint density at radius 3 is 0.869 bits per heavy atom. The summed E-state index contributed by atoms with van der Waals surface area (Å²) >= 11 is 0. The van der Waals surface area contributed by atoms with E-state index in [1.54, 1.807) is 0 Å². The third-order valence-corrected chi connectivity index (χ3v) is 23.2. The Labute approximate surface area is 451 Å². The molecule has 0 aliphatic carbocycles. The quantitative estimate of drug-likeness (QED) is 0.140. The summed E-state index contributed by atoms with van der Waals surface area (Å²) in [6.45, 7) is -17.0. The fraction of sp³-hybridized carbons (Fsp3) is 0.500. The van der Waals surface area contributed by atoms with E-state index in [1.165, 1.54) is 12.1 Å². The van der Waals surface area contributed by atoms with Crippen LogP contribution in [0, 0.1) is 0 Å². The Morgan fingerprint density at radius 1 is 0.369 bits per heavy atom. The molecule has 84 heavy (non-hydrogen) atoms. The van der Waals surface area contributed by atoms with Gasteiger partial charge in [0, 0.05) is 0 Å². The molecule has 0 N–H and O–H groups in total. The van der Waals surface area contributed by atoms with Crippen LogP contribution in [0.15, 0.2) is 72.8 Å². The first kappa shape index (κ1) is 61.9. The van der Waals surface area contributed by atoms with Gasteiger partial charge in [0.1, 0.15) is 0 Å². The van der Waals surface area contributed by atoms with Crippen molar-refractivity contribution in [1.82, 2.24) is 18.7 Å². The van der Waals surface area contributed by atoms with Crippen LogP contribution in [0.3, 0.4) is 0 Å². The monoisotopic (exact) mass is 1290 g/mol. The van der Waals surface area contributed by atoms with Gasteiger partial charge < -0.3 is 0 Å². The summed E-state index contributed by atoms with van der Waals surface area (Å²) in [5.74, 6) is -8.22. The molecule has 0 bridgehead atoms. The Morgan fingerprint density at radius 2 is 0.619 bits per heavy atom. The molecule has 4 saturated heterocycles. The molecule has 14 nitrogen and oxygen atoms in total. The second-order valence-electron chi connectivity index (χ2n) is 19.2. The summed E-state index contributed by atoms with van der Waals surface area (Å²) in [5, 5.41) is -1.85. The van der Waals surface area contributed by atoms with Gasteiger partial charge in [-0.15, -0.1) is 0 Å². The van der Waals surface area contributed by atoms with Crippen molar-refractivity contribution in [2.45, 2.75) is 71.8 Å². The number of fused-ring (bicyclic) bond motifs is 6. The van der Waals surface area contributed by atoms with Crippen molar-refractivity contribution in [2.24, 2.45) is 0 Å². The van der Waals surface area contributed by atoms with Crippen LogP contribution in [0.5, 0.6) is 11.5 Å². The second-order valence-corrected chi connectivity index (χ2v) is 25.6. The van der Waals surface area contributed by atoms with Crippen LogP contribution in [-0.4, -0.2) is 168 Å². The summed E-state index contributed by atoms with van der Waals surface area (Å²) in [5.41, 5.74) is -34.5. The van der Waals surface area contributed by atoms with E-state index in [0.29, 0.717) is 12.1 Å². The van der Waals surface area contributed by atoms with Gasteiger partial charge in [-0.05, 0) is 0 Å². The molecule has 6 aliphatic rings. The Bertz CT molecular complexity index is 2980. The van der Waals surface area contributed by atoms with Crippen LogP contribution >= 0.6 is 15.2 Å². The van der Waals surface area contributed by atoms with Gasteiger partial charge in [0.15, 0.2) is 0 Å². The third kappa shape index (κ3) is 7.55. The van der Waals surface area contributed by atoms with Crippen molar-refractivity contribution >= 4 is 48.5 Å². The normalized spacial score (nSPS) is 25.3. The van der Waals surface area contributed by atoms with Crippen molar-refractivity contribution in [3.8, 4) is 11.5 Å². The number of halogens is 24. The minimum atomic E-state index is -9.14. The summed E-state index contributed by atoms with van der Waals surface area (Å²) < 4.78 is 417. The summed E-state index contributed by atoms with van der Waals surface area (Å²) in [7, 11) is -18.3. The molecule has 2 amide bonds. The zero-order chi connectivity index (χ0) is 62.2. The molecule has 0 aromatic heterocycles. The van der Waals surface area contributed by atoms with E-state index in [4.69, 9.17) is 18.5 Å². The molecule has 6 aliphatic heterocycles. The zero-order valence-electron chi connectivity index (χ0n) is 40.8. The van der Waals surface area contributed by atoms with E-state index >= 15 is 115 Å². The van der Waals surface area contributed by atoms with Crippen LogP contribution in [0.4, 0.5) is 105 Å². The molecule has 4 fully saturated rings. The van der Waals surface area contributed by atoms with Gasteiger partial charge in [0.05, 0.1) is 0 Å². The first-order valence-corrected chi connectivity index (χ1v) is 27.3. The first-order chi connectivity index (χ1) is 38.4. The number of hydrogen-bond donors (Lipinski definition) is 0. The van der Waals surface area contributed by atoms with E-state index in [9.17, 15) is 0 Å². The summed E-state index contributed by atoms with van der Waals surface area (Å²) in [4.78, 5) is 31.5. The molecule has 0 radical (unpaired) electrons. The standard InChI is InChI=1S/C44H32F24N4O10P2/c45-37(46,47)33(38(48,49)50)34(39(51,52)53,40(54,55)56)80-83(79-33,69-15-19-75-20-16-69)71(31(73)29-25-7-3-1-5-23(25)9-11-27(29)77-83)13-14-72-32(74)30-26-8-4-2-6-24(26)10-12-28(30)78-84(72,70-17-21-76-22-18-70)81-35(41(57,58)59,42(60,61)62)36(82-84,43(63,64)65)44(66,67)68/h1-12H,13-22H2. The Kier molecular flexibility index (Phi) is 13.4. The average Bonchev–Trinajstić information content (AvgIpc) is 1.46. The molecule has 466 valence electrons. The van der Waals surface area contributed by atoms with Crippen LogP contribution in [-0.2, 0) is 27.6 Å². The number of benzene rings is 4. The van der Waals surface area contributed by atoms with Crippen LogP contribution in [0.2, 0.25) is 0 Å². The van der Waals surface area contributed by atoms with Crippen LogP contribution in [0.1, 0.15) is 20.7 Å². The van der Waals surface area contributed by atoms with Gasteiger partial charge >= 0.3 is 452 Å². The molecule has 6 heterocycles.